The van der Waals surface area contributed by atoms with Crippen molar-refractivity contribution in [3.05, 3.63) is 48.2 Å². The lowest BCUT2D eigenvalue weighted by atomic mass is 9.32. The van der Waals surface area contributed by atoms with Gasteiger partial charge in [0.05, 0.1) is 23.8 Å². The van der Waals surface area contributed by atoms with E-state index >= 15 is 0 Å². The highest BCUT2D eigenvalue weighted by molar-refractivity contribution is 5.87. The van der Waals surface area contributed by atoms with E-state index in [1.54, 1.807) is 0 Å². The normalized spacial score (nSPS) is 36.8. The molecule has 6 nitrogen and oxygen atoms in total. The van der Waals surface area contributed by atoms with E-state index in [0.717, 1.165) is 56.1 Å². The molecule has 316 valence electrons. The van der Waals surface area contributed by atoms with E-state index in [0.29, 0.717) is 48.2 Å². The third-order valence-corrected chi connectivity index (χ3v) is 18.6. The predicted molar refractivity (Wildman–Crippen MR) is 235 cm³/mol. The number of para-hydroxylation sites is 1. The number of carbonyl (C=O) groups is 1. The lowest BCUT2D eigenvalue weighted by molar-refractivity contribution is -0.677. The van der Waals surface area contributed by atoms with Crippen LogP contribution in [-0.2, 0) is 11.3 Å². The van der Waals surface area contributed by atoms with E-state index in [9.17, 15) is 9.90 Å². The maximum absolute atomic E-state index is 13.2. The van der Waals surface area contributed by atoms with Gasteiger partial charge in [0.25, 0.3) is 0 Å². The number of carbonyl (C=O) groups excluding carboxylic acids is 1. The number of hydrogen-bond acceptors (Lipinski definition) is 4. The van der Waals surface area contributed by atoms with Gasteiger partial charge in [0, 0.05) is 37.4 Å². The molecule has 0 bridgehead atoms. The first-order chi connectivity index (χ1) is 27.1. The Morgan fingerprint density at radius 2 is 1.56 bits per heavy atom. The number of hydrogen-bond donors (Lipinski definition) is 3. The van der Waals surface area contributed by atoms with Crippen molar-refractivity contribution < 1.29 is 19.2 Å². The number of aliphatic hydroxyl groups is 1. The molecule has 6 heteroatoms. The van der Waals surface area contributed by atoms with Crippen molar-refractivity contribution in [1.29, 1.82) is 0 Å². The number of alkyl carbamates (subject to hydrolysis) is 1. The topological polar surface area (TPSA) is 88.5 Å². The Morgan fingerprint density at radius 1 is 0.860 bits per heavy atom. The zero-order valence-corrected chi connectivity index (χ0v) is 37.2. The van der Waals surface area contributed by atoms with Crippen LogP contribution in [0.1, 0.15) is 163 Å². The molecule has 4 N–H and O–H groups in total. The molecule has 57 heavy (non-hydrogen) atoms. The van der Waals surface area contributed by atoms with Crippen LogP contribution in [0.3, 0.4) is 0 Å². The third-order valence-electron chi connectivity index (χ3n) is 18.6. The number of nitrogens with one attached hydrogen (secondary N) is 1. The van der Waals surface area contributed by atoms with Gasteiger partial charge in [-0.3, -0.25) is 0 Å². The second-order valence-corrected chi connectivity index (χ2v) is 21.7. The molecule has 5 aliphatic rings. The molecule has 5 saturated carbocycles. The molecule has 1 amide bonds. The van der Waals surface area contributed by atoms with Gasteiger partial charge in [0.2, 0.25) is 5.52 Å². The fourth-order valence-corrected chi connectivity index (χ4v) is 15.3. The van der Waals surface area contributed by atoms with Gasteiger partial charge in [0.15, 0.2) is 5.69 Å². The number of nitrogens with zero attached hydrogens (tertiary/aromatic N) is 1. The van der Waals surface area contributed by atoms with E-state index < -0.39 is 0 Å². The van der Waals surface area contributed by atoms with Gasteiger partial charge < -0.3 is 20.9 Å². The molecule has 0 aliphatic heterocycles. The van der Waals surface area contributed by atoms with Gasteiger partial charge in [0.1, 0.15) is 6.54 Å². The summed E-state index contributed by atoms with van der Waals surface area (Å²) in [5.74, 6) is 2.98. The van der Waals surface area contributed by atoms with E-state index in [1.165, 1.54) is 93.8 Å². The van der Waals surface area contributed by atoms with Crippen molar-refractivity contribution in [1.82, 2.24) is 5.32 Å². The van der Waals surface area contributed by atoms with Crippen molar-refractivity contribution >= 4 is 22.7 Å². The number of nitrogens with two attached hydrogens (primary N) is 1. The summed E-state index contributed by atoms with van der Waals surface area (Å²) in [4.78, 5) is 13.2. The number of anilines is 1. The van der Waals surface area contributed by atoms with Gasteiger partial charge in [-0.25, -0.2) is 4.79 Å². The molecule has 7 rings (SSSR count). The van der Waals surface area contributed by atoms with Crippen LogP contribution in [0.25, 0.3) is 10.9 Å². The van der Waals surface area contributed by atoms with Gasteiger partial charge in [-0.1, -0.05) is 91.0 Å². The number of aromatic nitrogens is 1. The van der Waals surface area contributed by atoms with Gasteiger partial charge >= 0.3 is 6.09 Å². The molecule has 1 aromatic carbocycles. The number of fused-ring (bicyclic) bond motifs is 8. The van der Waals surface area contributed by atoms with Crippen LogP contribution >= 0.6 is 0 Å². The highest BCUT2D eigenvalue weighted by Crippen LogP contribution is 2.77. The maximum Gasteiger partial charge on any atom is 0.407 e. The Balaban J connectivity index is 0.857. The standard InChI is InChI=1S/C51H79N3O3/c1-35(2)37-23-28-51(30-29-49(7)39(45(37)51)21-22-43-48(6)26-25-44(55)47(4,5)42(48)24-27-50(43,49)8)34-57-46(56)53-31-17-13-11-9-10-12-14-18-32-54-36(3)33-40(52)38-19-15-16-20-41(38)54/h15-16,19-20,33,37,39,42-45,52,55H,1,9-14,17-18,21-32,34H2,2-8H3,(H,53,56)/p+1/t37?,39?,42?,43?,44-,45?,48-,49+,50+,51+/m0/s1. The van der Waals surface area contributed by atoms with Gasteiger partial charge in [-0.05, 0) is 141 Å². The Kier molecular flexibility index (Phi) is 12.3. The van der Waals surface area contributed by atoms with Crippen molar-refractivity contribution in [3.8, 4) is 0 Å². The zero-order valence-electron chi connectivity index (χ0n) is 37.2. The van der Waals surface area contributed by atoms with Gasteiger partial charge in [-0.2, -0.15) is 4.57 Å². The number of pyridine rings is 1. The summed E-state index contributed by atoms with van der Waals surface area (Å²) in [6, 6.07) is 10.6. The minimum atomic E-state index is -0.221. The second-order valence-electron chi connectivity index (χ2n) is 21.7. The van der Waals surface area contributed by atoms with Crippen molar-refractivity contribution in [2.75, 3.05) is 18.9 Å². The molecule has 1 aromatic heterocycles. The average Bonchev–Trinajstić information content (AvgIpc) is 3.56. The highest BCUT2D eigenvalue weighted by Gasteiger charge is 2.71. The molecule has 0 spiro atoms. The lowest BCUT2D eigenvalue weighted by Crippen LogP contribution is -2.66. The fourth-order valence-electron chi connectivity index (χ4n) is 15.3. The first-order valence-electron chi connectivity index (χ1n) is 23.5. The number of aryl methyl sites for hydroxylation is 2. The molecule has 2 aromatic rings. The summed E-state index contributed by atoms with van der Waals surface area (Å²) in [7, 11) is 0. The smallest absolute Gasteiger partial charge is 0.407 e. The number of benzene rings is 1. The van der Waals surface area contributed by atoms with Crippen LogP contribution in [0, 0.1) is 63.6 Å². The molecule has 10 atom stereocenters. The Hall–Kier alpha value is -2.60. The number of aliphatic hydroxyl groups excluding tert-OH is 1. The molecular weight excluding hydrogens is 703 g/mol. The molecular formula is C51H80N3O3+. The zero-order chi connectivity index (χ0) is 40.8. The third kappa shape index (κ3) is 7.47. The average molecular weight is 783 g/mol. The van der Waals surface area contributed by atoms with Crippen molar-refractivity contribution in [2.45, 2.75) is 177 Å². The van der Waals surface area contributed by atoms with E-state index in [1.807, 2.05) is 0 Å². The first-order valence-corrected chi connectivity index (χ1v) is 23.5. The predicted octanol–water partition coefficient (Wildman–Crippen LogP) is 11.9. The van der Waals surface area contributed by atoms with Crippen LogP contribution < -0.4 is 15.6 Å². The second kappa shape index (κ2) is 16.5. The molecule has 5 unspecified atom stereocenters. The molecule has 5 aliphatic carbocycles. The molecule has 1 heterocycles. The van der Waals surface area contributed by atoms with E-state index in [4.69, 9.17) is 10.5 Å². The number of rotatable bonds is 14. The SMILES string of the molecule is C=C(C)C1CC[C@]2(COC(=O)NCCCCCCCCCC[n+]3c(C)cc(N)c4ccccc43)CC[C@]3(C)C(CCC4[C@@]5(C)CC[C@H](O)C(C)(C)C5CC[C@]43C)C12. The quantitative estimate of drug-likeness (QED) is 0.101. The Morgan fingerprint density at radius 3 is 2.30 bits per heavy atom. The minimum absolute atomic E-state index is 0.0162. The van der Waals surface area contributed by atoms with Gasteiger partial charge in [-0.15, -0.1) is 0 Å². The Bertz CT molecular complexity index is 1770. The summed E-state index contributed by atoms with van der Waals surface area (Å²) in [6.45, 7) is 24.0. The number of nitrogen functional groups attached to an aromatic ring is 1. The monoisotopic (exact) mass is 783 g/mol. The van der Waals surface area contributed by atoms with Crippen LogP contribution in [-0.4, -0.2) is 30.5 Å². The first kappa shape index (κ1) is 42.5. The van der Waals surface area contributed by atoms with Crippen LogP contribution in [0.15, 0.2) is 42.5 Å². The summed E-state index contributed by atoms with van der Waals surface area (Å²) in [6.07, 6.45) is 21.2. The maximum atomic E-state index is 13.2. The van der Waals surface area contributed by atoms with Crippen LogP contribution in [0.4, 0.5) is 10.5 Å². The van der Waals surface area contributed by atoms with Crippen LogP contribution in [0.2, 0.25) is 0 Å². The lowest BCUT2D eigenvalue weighted by Gasteiger charge is -2.73. The van der Waals surface area contributed by atoms with E-state index in [-0.39, 0.29) is 33.9 Å². The number of allylic oxidation sites excluding steroid dienone is 1. The largest absolute Gasteiger partial charge is 0.449 e. The summed E-state index contributed by atoms with van der Waals surface area (Å²) >= 11 is 0. The summed E-state index contributed by atoms with van der Waals surface area (Å²) in [5.41, 5.74) is 11.8. The van der Waals surface area contributed by atoms with Crippen molar-refractivity contribution in [2.24, 2.45) is 56.7 Å². The van der Waals surface area contributed by atoms with E-state index in [2.05, 4.69) is 95.3 Å². The Labute approximate surface area is 346 Å². The minimum Gasteiger partial charge on any atom is -0.449 e. The van der Waals surface area contributed by atoms with Crippen molar-refractivity contribution in [3.63, 3.8) is 0 Å². The highest BCUT2D eigenvalue weighted by atomic mass is 16.5. The molecule has 0 saturated heterocycles. The summed E-state index contributed by atoms with van der Waals surface area (Å²) < 4.78 is 8.64. The number of ether oxygens (including phenoxy) is 1. The fraction of sp³-hybridized carbons (Fsp3) is 0.765. The summed E-state index contributed by atoms with van der Waals surface area (Å²) in [5, 5.41) is 15.4. The van der Waals surface area contributed by atoms with Crippen LogP contribution in [0.5, 0.6) is 0 Å². The molecule has 0 radical (unpaired) electrons. The number of unbranched alkanes of at least 4 members (excludes halogenated alkanes) is 7. The number of amides is 1. The molecule has 5 fully saturated rings.